The minimum Gasteiger partial charge on any atom is -0.345 e. The van der Waals surface area contributed by atoms with Gasteiger partial charge in [-0.3, -0.25) is 4.79 Å². The van der Waals surface area contributed by atoms with E-state index >= 15 is 0 Å². The van der Waals surface area contributed by atoms with Gasteiger partial charge in [-0.15, -0.1) is 0 Å². The SMILES string of the molecule is Cc1cc(NC(=O)c2cc(S(=O)(=O)N3CCCCC3)cn2C)n(-c2ccc(F)cc2)n1. The molecule has 0 radical (unpaired) electrons. The van der Waals surface area contributed by atoms with Crippen LogP contribution in [0.5, 0.6) is 0 Å². The van der Waals surface area contributed by atoms with Crippen LogP contribution in [-0.4, -0.2) is 46.1 Å². The summed E-state index contributed by atoms with van der Waals surface area (Å²) in [6, 6.07) is 8.83. The van der Waals surface area contributed by atoms with E-state index < -0.39 is 15.9 Å². The molecular weight excluding hydrogens is 421 g/mol. The number of carbonyl (C=O) groups excluding carboxylic acids is 1. The lowest BCUT2D eigenvalue weighted by atomic mass is 10.2. The lowest BCUT2D eigenvalue weighted by Gasteiger charge is -2.25. The average Bonchev–Trinajstić information content (AvgIpc) is 3.32. The van der Waals surface area contributed by atoms with Gasteiger partial charge in [0.2, 0.25) is 10.0 Å². The molecule has 1 aromatic carbocycles. The number of piperidine rings is 1. The van der Waals surface area contributed by atoms with Crippen LogP contribution in [0, 0.1) is 12.7 Å². The summed E-state index contributed by atoms with van der Waals surface area (Å²) in [5.74, 6) is -0.439. The van der Waals surface area contributed by atoms with Gasteiger partial charge in [0.05, 0.1) is 11.4 Å². The number of aryl methyl sites for hydroxylation is 2. The first kappa shape index (κ1) is 21.3. The molecule has 1 saturated heterocycles. The highest BCUT2D eigenvalue weighted by Gasteiger charge is 2.28. The zero-order chi connectivity index (χ0) is 22.2. The molecule has 0 bridgehead atoms. The van der Waals surface area contributed by atoms with Crippen molar-refractivity contribution < 1.29 is 17.6 Å². The molecule has 3 aromatic rings. The van der Waals surface area contributed by atoms with Gasteiger partial charge in [0.15, 0.2) is 0 Å². The largest absolute Gasteiger partial charge is 0.345 e. The summed E-state index contributed by atoms with van der Waals surface area (Å²) in [6.07, 6.45) is 4.16. The molecule has 0 saturated carbocycles. The van der Waals surface area contributed by atoms with E-state index in [9.17, 15) is 17.6 Å². The predicted octanol–water partition coefficient (Wildman–Crippen LogP) is 3.09. The highest BCUT2D eigenvalue weighted by Crippen LogP contribution is 2.23. The number of sulfonamides is 1. The Balaban J connectivity index is 1.60. The molecule has 3 heterocycles. The van der Waals surface area contributed by atoms with Crippen molar-refractivity contribution in [2.75, 3.05) is 18.4 Å². The van der Waals surface area contributed by atoms with Crippen molar-refractivity contribution in [3.8, 4) is 5.69 Å². The molecule has 164 valence electrons. The predicted molar refractivity (Wildman–Crippen MR) is 114 cm³/mol. The number of nitrogens with zero attached hydrogens (tertiary/aromatic N) is 4. The van der Waals surface area contributed by atoms with E-state index in [1.54, 1.807) is 32.2 Å². The third kappa shape index (κ3) is 4.26. The molecule has 4 rings (SSSR count). The van der Waals surface area contributed by atoms with Crippen molar-refractivity contribution in [3.63, 3.8) is 0 Å². The number of anilines is 1. The summed E-state index contributed by atoms with van der Waals surface area (Å²) in [5.41, 5.74) is 1.46. The van der Waals surface area contributed by atoms with Crippen LogP contribution < -0.4 is 5.32 Å². The Morgan fingerprint density at radius 2 is 1.77 bits per heavy atom. The van der Waals surface area contributed by atoms with E-state index in [0.717, 1.165) is 19.3 Å². The number of benzene rings is 1. The summed E-state index contributed by atoms with van der Waals surface area (Å²) in [4.78, 5) is 13.1. The highest BCUT2D eigenvalue weighted by molar-refractivity contribution is 7.89. The van der Waals surface area contributed by atoms with Gasteiger partial charge < -0.3 is 9.88 Å². The lowest BCUT2D eigenvalue weighted by molar-refractivity contribution is 0.101. The number of aromatic nitrogens is 3. The zero-order valence-corrected chi connectivity index (χ0v) is 18.2. The van der Waals surface area contributed by atoms with E-state index in [-0.39, 0.29) is 16.4 Å². The molecule has 0 aliphatic carbocycles. The first-order chi connectivity index (χ1) is 14.8. The Labute approximate surface area is 180 Å². The van der Waals surface area contributed by atoms with E-state index in [4.69, 9.17) is 0 Å². The molecule has 1 aliphatic heterocycles. The van der Waals surface area contributed by atoms with Crippen LogP contribution in [-0.2, 0) is 17.1 Å². The number of rotatable bonds is 5. The molecule has 0 unspecified atom stereocenters. The Bertz CT molecular complexity index is 1210. The molecule has 1 N–H and O–H groups in total. The van der Waals surface area contributed by atoms with Gasteiger partial charge in [-0.05, 0) is 50.1 Å². The number of halogens is 1. The van der Waals surface area contributed by atoms with Crippen molar-refractivity contribution in [2.24, 2.45) is 7.05 Å². The fourth-order valence-electron chi connectivity index (χ4n) is 3.70. The molecule has 2 aromatic heterocycles. The van der Waals surface area contributed by atoms with Crippen molar-refractivity contribution >= 4 is 21.7 Å². The van der Waals surface area contributed by atoms with Gasteiger partial charge in [0, 0.05) is 32.4 Å². The average molecular weight is 446 g/mol. The van der Waals surface area contributed by atoms with Crippen molar-refractivity contribution in [1.29, 1.82) is 0 Å². The molecule has 10 heteroatoms. The lowest BCUT2D eigenvalue weighted by Crippen LogP contribution is -2.35. The van der Waals surface area contributed by atoms with Gasteiger partial charge in [0.25, 0.3) is 5.91 Å². The van der Waals surface area contributed by atoms with Gasteiger partial charge in [0.1, 0.15) is 22.2 Å². The molecule has 1 fully saturated rings. The highest BCUT2D eigenvalue weighted by atomic mass is 32.2. The van der Waals surface area contributed by atoms with Crippen LogP contribution in [0.1, 0.15) is 35.4 Å². The fraction of sp³-hybridized carbons (Fsp3) is 0.333. The number of nitrogens with one attached hydrogen (secondary N) is 1. The fourth-order valence-corrected chi connectivity index (χ4v) is 5.29. The smallest absolute Gasteiger partial charge is 0.273 e. The first-order valence-electron chi connectivity index (χ1n) is 10.1. The van der Waals surface area contributed by atoms with E-state index in [1.165, 1.54) is 38.0 Å². The maximum absolute atomic E-state index is 13.3. The van der Waals surface area contributed by atoms with Crippen molar-refractivity contribution in [3.05, 3.63) is 59.8 Å². The van der Waals surface area contributed by atoms with Crippen LogP contribution in [0.15, 0.2) is 47.5 Å². The third-order valence-corrected chi connectivity index (χ3v) is 7.17. The van der Waals surface area contributed by atoms with Crippen LogP contribution in [0.25, 0.3) is 5.69 Å². The molecule has 8 nitrogen and oxygen atoms in total. The Morgan fingerprint density at radius 3 is 2.45 bits per heavy atom. The molecule has 1 aliphatic rings. The van der Waals surface area contributed by atoms with E-state index in [1.807, 2.05) is 0 Å². The van der Waals surface area contributed by atoms with Gasteiger partial charge in [-0.2, -0.15) is 9.40 Å². The van der Waals surface area contributed by atoms with Gasteiger partial charge in [-0.25, -0.2) is 17.5 Å². The Kier molecular flexibility index (Phi) is 5.67. The third-order valence-electron chi connectivity index (χ3n) is 5.31. The second-order valence-electron chi connectivity index (χ2n) is 7.65. The van der Waals surface area contributed by atoms with Gasteiger partial charge in [-0.1, -0.05) is 6.42 Å². The molecule has 31 heavy (non-hydrogen) atoms. The van der Waals surface area contributed by atoms with Crippen LogP contribution >= 0.6 is 0 Å². The summed E-state index contributed by atoms with van der Waals surface area (Å²) < 4.78 is 43.6. The molecule has 1 amide bonds. The normalized spacial score (nSPS) is 15.2. The Morgan fingerprint density at radius 1 is 1.10 bits per heavy atom. The quantitative estimate of drug-likeness (QED) is 0.654. The first-order valence-corrected chi connectivity index (χ1v) is 11.5. The second-order valence-corrected chi connectivity index (χ2v) is 9.59. The molecule has 0 spiro atoms. The number of carbonyl (C=O) groups is 1. The van der Waals surface area contributed by atoms with Gasteiger partial charge >= 0.3 is 0 Å². The number of hydrogen-bond acceptors (Lipinski definition) is 4. The minimum atomic E-state index is -3.64. The molecule has 0 atom stereocenters. The zero-order valence-electron chi connectivity index (χ0n) is 17.4. The standard InChI is InChI=1S/C21H24FN5O3S/c1-15-12-20(27(24-15)17-8-6-16(22)7-9-17)23-21(28)19-13-18(14-25(19)2)31(29,30)26-10-4-3-5-11-26/h6-9,12-14H,3-5,10-11H2,1-2H3,(H,23,28). The maximum atomic E-state index is 13.3. The summed E-state index contributed by atoms with van der Waals surface area (Å²) in [7, 11) is -2.01. The monoisotopic (exact) mass is 445 g/mol. The van der Waals surface area contributed by atoms with Crippen molar-refractivity contribution in [1.82, 2.24) is 18.7 Å². The summed E-state index contributed by atoms with van der Waals surface area (Å²) in [5, 5.41) is 7.14. The Hall–Kier alpha value is -2.98. The molecular formula is C21H24FN5O3S. The minimum absolute atomic E-state index is 0.102. The summed E-state index contributed by atoms with van der Waals surface area (Å²) >= 11 is 0. The van der Waals surface area contributed by atoms with Crippen LogP contribution in [0.2, 0.25) is 0 Å². The summed E-state index contributed by atoms with van der Waals surface area (Å²) in [6.45, 7) is 2.77. The second kappa shape index (κ2) is 8.27. The number of hydrogen-bond donors (Lipinski definition) is 1. The van der Waals surface area contributed by atoms with E-state index in [0.29, 0.717) is 30.3 Å². The van der Waals surface area contributed by atoms with Crippen LogP contribution in [0.3, 0.4) is 0 Å². The maximum Gasteiger partial charge on any atom is 0.273 e. The van der Waals surface area contributed by atoms with E-state index in [2.05, 4.69) is 10.4 Å². The van der Waals surface area contributed by atoms with Crippen LogP contribution in [0.4, 0.5) is 10.2 Å². The number of amides is 1. The van der Waals surface area contributed by atoms with Crippen molar-refractivity contribution in [2.45, 2.75) is 31.1 Å². The topological polar surface area (TPSA) is 89.2 Å².